The number of hydrogen-bond acceptors (Lipinski definition) is 4. The number of anilines is 1. The largest absolute Gasteiger partial charge is 0.493 e. The maximum atomic E-state index is 13.9. The first-order valence-corrected chi connectivity index (χ1v) is 14.2. The minimum atomic E-state index is -0.111. The maximum absolute atomic E-state index is 13.9. The Morgan fingerprint density at radius 2 is 1.75 bits per heavy atom. The van der Waals surface area contributed by atoms with Crippen LogP contribution in [0.1, 0.15) is 57.9 Å². The Morgan fingerprint density at radius 1 is 1.00 bits per heavy atom. The molecule has 2 fully saturated rings. The second-order valence-electron chi connectivity index (χ2n) is 9.93. The topological polar surface area (TPSA) is 41.6 Å². The lowest BCUT2D eigenvalue weighted by Crippen LogP contribution is -2.48. The number of hydrogen-bond donors (Lipinski definition) is 1. The Hall–Kier alpha value is -2.92. The molecule has 3 aromatic carbocycles. The molecule has 0 radical (unpaired) electrons. The molecule has 1 saturated carbocycles. The van der Waals surface area contributed by atoms with Gasteiger partial charge in [0.1, 0.15) is 5.75 Å². The number of nitrogens with zero attached hydrogens (tertiary/aromatic N) is 1. The predicted octanol–water partition coefficient (Wildman–Crippen LogP) is 7.91. The number of ether oxygens (including phenoxy) is 1. The Labute approximate surface area is 219 Å². The molecule has 3 aromatic rings. The lowest BCUT2D eigenvalue weighted by atomic mass is 9.85. The van der Waals surface area contributed by atoms with Gasteiger partial charge < -0.3 is 15.0 Å². The summed E-state index contributed by atoms with van der Waals surface area (Å²) in [6.07, 6.45) is 8.92. The molecule has 1 aliphatic heterocycles. The van der Waals surface area contributed by atoms with Gasteiger partial charge in [0, 0.05) is 17.1 Å². The zero-order chi connectivity index (χ0) is 24.9. The van der Waals surface area contributed by atoms with Crippen LogP contribution in [0.2, 0.25) is 0 Å². The van der Waals surface area contributed by atoms with Crippen molar-refractivity contribution in [3.63, 3.8) is 0 Å². The highest BCUT2D eigenvalue weighted by Crippen LogP contribution is 2.43. The van der Waals surface area contributed by atoms with E-state index >= 15 is 0 Å². The molecular formula is C31H36N2O2S. The second-order valence-corrected chi connectivity index (χ2v) is 11.1. The number of para-hydroxylation sites is 1. The van der Waals surface area contributed by atoms with Crippen LogP contribution in [-0.2, 0) is 4.79 Å². The van der Waals surface area contributed by atoms with Crippen LogP contribution >= 0.6 is 11.8 Å². The first-order valence-electron chi connectivity index (χ1n) is 13.3. The SMILES string of the molecule is CCCCOc1ccc(/C=C2\SC(Nc3ccccc3)N([C@@H]3CCCC[C@@H]3C)C2=O)c2ccccc12. The monoisotopic (exact) mass is 500 g/mol. The van der Waals surface area contributed by atoms with Crippen molar-refractivity contribution < 1.29 is 9.53 Å². The number of thioether (sulfide) groups is 1. The summed E-state index contributed by atoms with van der Waals surface area (Å²) in [5.41, 5.74) is 1.98. The number of benzene rings is 3. The molecule has 0 bridgehead atoms. The van der Waals surface area contributed by atoms with Crippen molar-refractivity contribution in [2.45, 2.75) is 63.9 Å². The van der Waals surface area contributed by atoms with Gasteiger partial charge in [-0.3, -0.25) is 4.79 Å². The minimum Gasteiger partial charge on any atom is -0.493 e. The molecule has 3 atom stereocenters. The number of fused-ring (bicyclic) bond motifs is 1. The van der Waals surface area contributed by atoms with Crippen molar-refractivity contribution in [3.05, 3.63) is 77.2 Å². The standard InChI is InChI=1S/C31H36N2O2S/c1-3-4-20-35-28-19-18-23(25-15-9-10-16-26(25)28)21-29-30(34)33(27-17-11-8-12-22(27)2)31(36-29)32-24-13-6-5-7-14-24/h5-7,9-10,13-16,18-19,21-22,27,31-32H,3-4,8,11-12,17,20H2,1-2H3/b29-21-/t22-,27+,31?/m0/s1. The molecule has 2 aliphatic rings. The van der Waals surface area contributed by atoms with E-state index in [0.717, 1.165) is 58.5 Å². The van der Waals surface area contributed by atoms with Gasteiger partial charge in [-0.25, -0.2) is 0 Å². The zero-order valence-corrected chi connectivity index (χ0v) is 22.1. The van der Waals surface area contributed by atoms with Crippen LogP contribution in [0.3, 0.4) is 0 Å². The fourth-order valence-corrected chi connectivity index (χ4v) is 6.58. The molecule has 1 saturated heterocycles. The van der Waals surface area contributed by atoms with E-state index in [2.05, 4.69) is 72.6 Å². The molecule has 1 heterocycles. The zero-order valence-electron chi connectivity index (χ0n) is 21.3. The van der Waals surface area contributed by atoms with Gasteiger partial charge in [-0.05, 0) is 60.4 Å². The average Bonchev–Trinajstić information content (AvgIpc) is 3.20. The summed E-state index contributed by atoms with van der Waals surface area (Å²) in [7, 11) is 0. The molecule has 36 heavy (non-hydrogen) atoms. The van der Waals surface area contributed by atoms with Crippen molar-refractivity contribution in [1.82, 2.24) is 4.90 Å². The van der Waals surface area contributed by atoms with Crippen molar-refractivity contribution >= 4 is 40.2 Å². The first kappa shape index (κ1) is 24.8. The second kappa shape index (κ2) is 11.4. The van der Waals surface area contributed by atoms with Gasteiger partial charge in [0.15, 0.2) is 5.50 Å². The summed E-state index contributed by atoms with van der Waals surface area (Å²) in [5, 5.41) is 5.85. The lowest BCUT2D eigenvalue weighted by Gasteiger charge is -2.39. The summed E-state index contributed by atoms with van der Waals surface area (Å²) in [5.74, 6) is 1.55. The molecule has 0 aromatic heterocycles. The van der Waals surface area contributed by atoms with E-state index in [1.54, 1.807) is 11.8 Å². The molecule has 1 amide bonds. The highest BCUT2D eigenvalue weighted by atomic mass is 32.2. The molecule has 1 aliphatic carbocycles. The van der Waals surface area contributed by atoms with Crippen LogP contribution < -0.4 is 10.1 Å². The van der Waals surface area contributed by atoms with Crippen LogP contribution in [-0.4, -0.2) is 29.0 Å². The van der Waals surface area contributed by atoms with Crippen LogP contribution in [0.5, 0.6) is 5.75 Å². The van der Waals surface area contributed by atoms with Gasteiger partial charge in [0.05, 0.1) is 11.5 Å². The number of carbonyl (C=O) groups is 1. The molecule has 188 valence electrons. The summed E-state index contributed by atoms with van der Waals surface area (Å²) in [6, 6.07) is 23.0. The normalized spacial score (nSPS) is 23.4. The fourth-order valence-electron chi connectivity index (χ4n) is 5.38. The Balaban J connectivity index is 1.48. The summed E-state index contributed by atoms with van der Waals surface area (Å²) >= 11 is 1.64. The molecule has 5 rings (SSSR count). The van der Waals surface area contributed by atoms with Gasteiger partial charge in [-0.1, -0.05) is 93.4 Å². The number of amides is 1. The van der Waals surface area contributed by atoms with Gasteiger partial charge >= 0.3 is 0 Å². The number of unbranched alkanes of at least 4 members (excludes halogenated alkanes) is 1. The third-order valence-electron chi connectivity index (χ3n) is 7.38. The first-order chi connectivity index (χ1) is 17.7. The average molecular weight is 501 g/mol. The Kier molecular flexibility index (Phi) is 7.86. The number of carbonyl (C=O) groups excluding carboxylic acids is 1. The maximum Gasteiger partial charge on any atom is 0.262 e. The predicted molar refractivity (Wildman–Crippen MR) is 152 cm³/mol. The van der Waals surface area contributed by atoms with Crippen LogP contribution in [0, 0.1) is 5.92 Å². The van der Waals surface area contributed by atoms with Crippen molar-refractivity contribution in [2.24, 2.45) is 5.92 Å². The van der Waals surface area contributed by atoms with Gasteiger partial charge in [-0.2, -0.15) is 0 Å². The summed E-state index contributed by atoms with van der Waals surface area (Å²) in [4.78, 5) is 16.8. The van der Waals surface area contributed by atoms with Crippen molar-refractivity contribution in [1.29, 1.82) is 0 Å². The number of nitrogens with one attached hydrogen (secondary N) is 1. The van der Waals surface area contributed by atoms with E-state index < -0.39 is 0 Å². The van der Waals surface area contributed by atoms with E-state index in [-0.39, 0.29) is 17.4 Å². The molecule has 0 spiro atoms. The Bertz CT molecular complexity index is 1230. The molecule has 4 nitrogen and oxygen atoms in total. The highest BCUT2D eigenvalue weighted by molar-refractivity contribution is 8.05. The fraction of sp³-hybridized carbons (Fsp3) is 0.387. The van der Waals surface area contributed by atoms with E-state index in [1.807, 2.05) is 24.3 Å². The minimum absolute atomic E-state index is 0.111. The van der Waals surface area contributed by atoms with E-state index in [9.17, 15) is 4.79 Å². The quantitative estimate of drug-likeness (QED) is 0.252. The van der Waals surface area contributed by atoms with Crippen LogP contribution in [0.25, 0.3) is 16.8 Å². The number of rotatable bonds is 8. The molecule has 5 heteroatoms. The van der Waals surface area contributed by atoms with Crippen molar-refractivity contribution in [2.75, 3.05) is 11.9 Å². The van der Waals surface area contributed by atoms with Gasteiger partial charge in [-0.15, -0.1) is 0 Å². The highest BCUT2D eigenvalue weighted by Gasteiger charge is 2.42. The van der Waals surface area contributed by atoms with Crippen LogP contribution in [0.15, 0.2) is 71.6 Å². The van der Waals surface area contributed by atoms with Gasteiger partial charge in [0.2, 0.25) is 0 Å². The smallest absolute Gasteiger partial charge is 0.262 e. The summed E-state index contributed by atoms with van der Waals surface area (Å²) in [6.45, 7) is 5.19. The lowest BCUT2D eigenvalue weighted by molar-refractivity contribution is -0.129. The molecular weight excluding hydrogens is 464 g/mol. The third-order valence-corrected chi connectivity index (χ3v) is 8.50. The Morgan fingerprint density at radius 3 is 2.53 bits per heavy atom. The van der Waals surface area contributed by atoms with Gasteiger partial charge in [0.25, 0.3) is 5.91 Å². The molecule has 1 N–H and O–H groups in total. The van der Waals surface area contributed by atoms with E-state index in [0.29, 0.717) is 5.92 Å². The van der Waals surface area contributed by atoms with Crippen LogP contribution in [0.4, 0.5) is 5.69 Å². The van der Waals surface area contributed by atoms with Crippen molar-refractivity contribution in [3.8, 4) is 5.75 Å². The molecule has 1 unspecified atom stereocenters. The third kappa shape index (κ3) is 5.27. The van der Waals surface area contributed by atoms with E-state index in [4.69, 9.17) is 4.74 Å². The summed E-state index contributed by atoms with van der Waals surface area (Å²) < 4.78 is 6.09. The van der Waals surface area contributed by atoms with E-state index in [1.165, 1.54) is 19.3 Å².